The van der Waals surface area contributed by atoms with E-state index in [4.69, 9.17) is 5.11 Å². The number of carboxylic acids is 1. The van der Waals surface area contributed by atoms with Crippen molar-refractivity contribution in [3.63, 3.8) is 0 Å². The Morgan fingerprint density at radius 1 is 1.64 bits per heavy atom. The molecule has 5 heteroatoms. The number of carbonyl (C=O) groups is 1. The second-order valence-corrected chi connectivity index (χ2v) is 3.70. The molecule has 76 valence electrons. The van der Waals surface area contributed by atoms with Gasteiger partial charge in [0.25, 0.3) is 0 Å². The van der Waals surface area contributed by atoms with Crippen molar-refractivity contribution in [2.24, 2.45) is 0 Å². The summed E-state index contributed by atoms with van der Waals surface area (Å²) in [5.74, 6) is -1.35. The third-order valence-corrected chi connectivity index (χ3v) is 2.36. The number of hydrogen-bond acceptors (Lipinski definition) is 2. The Bertz CT molecular complexity index is 357. The average Bonchev–Trinajstić information content (AvgIpc) is 2.08. The number of likely N-dealkylation sites (N-methyl/N-ethyl adjacent to an activating group) is 1. The molecule has 0 spiro atoms. The van der Waals surface area contributed by atoms with Gasteiger partial charge >= 0.3 is 5.97 Å². The minimum atomic E-state index is -0.948. The second-order valence-electron chi connectivity index (χ2n) is 2.85. The highest BCUT2D eigenvalue weighted by Gasteiger charge is 2.07. The zero-order valence-electron chi connectivity index (χ0n) is 7.50. The average molecular weight is 262 g/mol. The molecule has 0 atom stereocenters. The maximum Gasteiger partial charge on any atom is 0.323 e. The SMILES string of the molecule is CN(CC(=O)O)c1ccc(Br)c(F)c1. The Morgan fingerprint density at radius 2 is 2.29 bits per heavy atom. The summed E-state index contributed by atoms with van der Waals surface area (Å²) in [6, 6.07) is 4.48. The van der Waals surface area contributed by atoms with Gasteiger partial charge in [0.15, 0.2) is 0 Å². The lowest BCUT2D eigenvalue weighted by Gasteiger charge is -2.16. The number of aliphatic carboxylic acids is 1. The lowest BCUT2D eigenvalue weighted by Crippen LogP contribution is -2.25. The summed E-state index contributed by atoms with van der Waals surface area (Å²) in [7, 11) is 1.59. The molecular weight excluding hydrogens is 253 g/mol. The van der Waals surface area contributed by atoms with Gasteiger partial charge in [-0.15, -0.1) is 0 Å². The first kappa shape index (κ1) is 11.0. The van der Waals surface area contributed by atoms with Gasteiger partial charge in [0.1, 0.15) is 12.4 Å². The van der Waals surface area contributed by atoms with Gasteiger partial charge in [0.05, 0.1) is 4.47 Å². The third kappa shape index (κ3) is 2.70. The molecular formula is C9H9BrFNO2. The Balaban J connectivity index is 2.85. The van der Waals surface area contributed by atoms with E-state index in [0.29, 0.717) is 10.2 Å². The monoisotopic (exact) mass is 261 g/mol. The van der Waals surface area contributed by atoms with Crippen LogP contribution in [0.5, 0.6) is 0 Å². The minimum Gasteiger partial charge on any atom is -0.480 e. The maximum absolute atomic E-state index is 13.1. The molecule has 0 saturated heterocycles. The predicted molar refractivity (Wildman–Crippen MR) is 55.0 cm³/mol. The zero-order chi connectivity index (χ0) is 10.7. The molecule has 1 N–H and O–H groups in total. The van der Waals surface area contributed by atoms with Gasteiger partial charge in [-0.3, -0.25) is 4.79 Å². The van der Waals surface area contributed by atoms with E-state index in [1.54, 1.807) is 19.2 Å². The lowest BCUT2D eigenvalue weighted by atomic mass is 10.3. The number of halogens is 2. The Labute approximate surface area is 89.3 Å². The number of rotatable bonds is 3. The molecule has 0 bridgehead atoms. The van der Waals surface area contributed by atoms with Crippen molar-refractivity contribution in [2.45, 2.75) is 0 Å². The van der Waals surface area contributed by atoms with Gasteiger partial charge in [0, 0.05) is 12.7 Å². The van der Waals surface area contributed by atoms with Gasteiger partial charge < -0.3 is 10.0 Å². The van der Waals surface area contributed by atoms with E-state index >= 15 is 0 Å². The fourth-order valence-corrected chi connectivity index (χ4v) is 1.26. The standard InChI is InChI=1S/C9H9BrFNO2/c1-12(5-9(13)14)6-2-3-7(10)8(11)4-6/h2-4H,5H2,1H3,(H,13,14). The van der Waals surface area contributed by atoms with Crippen molar-refractivity contribution >= 4 is 27.6 Å². The van der Waals surface area contributed by atoms with Crippen molar-refractivity contribution in [3.05, 3.63) is 28.5 Å². The van der Waals surface area contributed by atoms with E-state index in [1.807, 2.05) is 0 Å². The van der Waals surface area contributed by atoms with Gasteiger partial charge in [-0.05, 0) is 34.1 Å². The molecule has 14 heavy (non-hydrogen) atoms. The van der Waals surface area contributed by atoms with Crippen LogP contribution in [0.1, 0.15) is 0 Å². The summed E-state index contributed by atoms with van der Waals surface area (Å²) in [4.78, 5) is 11.8. The van der Waals surface area contributed by atoms with Crippen molar-refractivity contribution in [3.8, 4) is 0 Å². The second kappa shape index (κ2) is 4.41. The molecule has 0 heterocycles. The van der Waals surface area contributed by atoms with Crippen LogP contribution in [0.3, 0.4) is 0 Å². The Kier molecular flexibility index (Phi) is 3.46. The molecule has 0 aliphatic rings. The number of anilines is 1. The first-order chi connectivity index (χ1) is 6.50. The third-order valence-electron chi connectivity index (χ3n) is 1.72. The molecule has 1 aromatic carbocycles. The molecule has 0 aliphatic heterocycles. The van der Waals surface area contributed by atoms with Crippen LogP contribution >= 0.6 is 15.9 Å². The highest BCUT2D eigenvalue weighted by atomic mass is 79.9. The van der Waals surface area contributed by atoms with Gasteiger partial charge in [0.2, 0.25) is 0 Å². The van der Waals surface area contributed by atoms with Gasteiger partial charge in [-0.1, -0.05) is 0 Å². The van der Waals surface area contributed by atoms with Crippen LogP contribution in [0.25, 0.3) is 0 Å². The Morgan fingerprint density at radius 3 is 2.79 bits per heavy atom. The Hall–Kier alpha value is -1.10. The molecule has 3 nitrogen and oxygen atoms in total. The number of hydrogen-bond donors (Lipinski definition) is 1. The summed E-state index contributed by atoms with van der Waals surface area (Å²) in [6.07, 6.45) is 0. The van der Waals surface area contributed by atoms with Crippen LogP contribution in [0.15, 0.2) is 22.7 Å². The smallest absolute Gasteiger partial charge is 0.323 e. The fourth-order valence-electron chi connectivity index (χ4n) is 1.02. The van der Waals surface area contributed by atoms with Crippen molar-refractivity contribution in [1.29, 1.82) is 0 Å². The topological polar surface area (TPSA) is 40.5 Å². The van der Waals surface area contributed by atoms with E-state index in [-0.39, 0.29) is 6.54 Å². The first-order valence-corrected chi connectivity index (χ1v) is 4.68. The molecule has 0 amide bonds. The number of benzene rings is 1. The highest BCUT2D eigenvalue weighted by molar-refractivity contribution is 9.10. The summed E-state index contributed by atoms with van der Waals surface area (Å²) in [5.41, 5.74) is 0.535. The van der Waals surface area contributed by atoms with E-state index in [2.05, 4.69) is 15.9 Å². The van der Waals surface area contributed by atoms with Crippen LogP contribution in [-0.2, 0) is 4.79 Å². The van der Waals surface area contributed by atoms with Crippen molar-refractivity contribution in [1.82, 2.24) is 0 Å². The zero-order valence-corrected chi connectivity index (χ0v) is 9.08. The van der Waals surface area contributed by atoms with E-state index in [1.165, 1.54) is 11.0 Å². The molecule has 1 rings (SSSR count). The summed E-state index contributed by atoms with van der Waals surface area (Å²) in [5, 5.41) is 8.52. The van der Waals surface area contributed by atoms with Crippen LogP contribution in [0.2, 0.25) is 0 Å². The molecule has 1 aromatic rings. The quantitative estimate of drug-likeness (QED) is 0.906. The molecule has 0 saturated carbocycles. The number of nitrogens with zero attached hydrogens (tertiary/aromatic N) is 1. The molecule has 0 radical (unpaired) electrons. The van der Waals surface area contributed by atoms with E-state index < -0.39 is 11.8 Å². The summed E-state index contributed by atoms with van der Waals surface area (Å²) < 4.78 is 13.4. The largest absolute Gasteiger partial charge is 0.480 e. The fraction of sp³-hybridized carbons (Fsp3) is 0.222. The summed E-state index contributed by atoms with van der Waals surface area (Å²) >= 11 is 3.02. The summed E-state index contributed by atoms with van der Waals surface area (Å²) in [6.45, 7) is -0.152. The van der Waals surface area contributed by atoms with Crippen molar-refractivity contribution < 1.29 is 14.3 Å². The van der Waals surface area contributed by atoms with Crippen LogP contribution in [0, 0.1) is 5.82 Å². The van der Waals surface area contributed by atoms with E-state index in [9.17, 15) is 9.18 Å². The van der Waals surface area contributed by atoms with Crippen LogP contribution in [-0.4, -0.2) is 24.7 Å². The van der Waals surface area contributed by atoms with Crippen LogP contribution in [0.4, 0.5) is 10.1 Å². The first-order valence-electron chi connectivity index (χ1n) is 3.88. The normalized spacial score (nSPS) is 9.93. The molecule has 0 aliphatic carbocycles. The number of carboxylic acid groups (broad SMARTS) is 1. The van der Waals surface area contributed by atoms with E-state index in [0.717, 1.165) is 0 Å². The van der Waals surface area contributed by atoms with Gasteiger partial charge in [-0.2, -0.15) is 0 Å². The van der Waals surface area contributed by atoms with Crippen molar-refractivity contribution in [2.75, 3.05) is 18.5 Å². The molecule has 0 aromatic heterocycles. The molecule has 0 fully saturated rings. The minimum absolute atomic E-state index is 0.152. The molecule has 0 unspecified atom stereocenters. The highest BCUT2D eigenvalue weighted by Crippen LogP contribution is 2.21. The predicted octanol–water partition coefficient (Wildman–Crippen LogP) is 2.11. The van der Waals surface area contributed by atoms with Crippen LogP contribution < -0.4 is 4.90 Å². The maximum atomic E-state index is 13.1. The lowest BCUT2D eigenvalue weighted by molar-refractivity contribution is -0.135. The van der Waals surface area contributed by atoms with Gasteiger partial charge in [-0.25, -0.2) is 4.39 Å².